The maximum atomic E-state index is 13.6. The highest BCUT2D eigenvalue weighted by atomic mass is 16.6. The molecular weight excluding hydrogens is 418 g/mol. The van der Waals surface area contributed by atoms with Crippen LogP contribution in [0.15, 0.2) is 30.3 Å². The Morgan fingerprint density at radius 3 is 2.48 bits per heavy atom. The van der Waals surface area contributed by atoms with Gasteiger partial charge in [-0.15, -0.1) is 0 Å². The van der Waals surface area contributed by atoms with Crippen molar-refractivity contribution in [1.29, 1.82) is 0 Å². The number of carbonyl (C=O) groups is 3. The molecule has 0 spiro atoms. The quantitative estimate of drug-likeness (QED) is 0.446. The van der Waals surface area contributed by atoms with Crippen LogP contribution in [0.2, 0.25) is 0 Å². The molecule has 2 amide bonds. The van der Waals surface area contributed by atoms with Crippen molar-refractivity contribution in [1.82, 2.24) is 4.90 Å². The first-order valence-corrected chi connectivity index (χ1v) is 12.5. The molecule has 0 aromatic heterocycles. The predicted octanol–water partition coefficient (Wildman–Crippen LogP) is 5.68. The van der Waals surface area contributed by atoms with Crippen molar-refractivity contribution in [3.05, 3.63) is 35.9 Å². The van der Waals surface area contributed by atoms with Gasteiger partial charge >= 0.3 is 12.1 Å². The molecule has 1 saturated carbocycles. The lowest BCUT2D eigenvalue weighted by Crippen LogP contribution is -2.44. The average molecular weight is 458 g/mol. The summed E-state index contributed by atoms with van der Waals surface area (Å²) in [5.41, 5.74) is 0.425. The van der Waals surface area contributed by atoms with Crippen LogP contribution in [-0.2, 0) is 25.5 Å². The monoisotopic (exact) mass is 457 g/mol. The number of amides is 2. The zero-order valence-electron chi connectivity index (χ0n) is 20.4. The molecule has 33 heavy (non-hydrogen) atoms. The van der Waals surface area contributed by atoms with Gasteiger partial charge in [0, 0.05) is 5.92 Å². The zero-order chi connectivity index (χ0) is 23.8. The van der Waals surface area contributed by atoms with Gasteiger partial charge in [0.2, 0.25) is 5.91 Å². The third-order valence-electron chi connectivity index (χ3n) is 6.58. The Balaban J connectivity index is 1.68. The number of rotatable bonds is 9. The van der Waals surface area contributed by atoms with Gasteiger partial charge in [0.1, 0.15) is 12.2 Å². The van der Waals surface area contributed by atoms with Crippen LogP contribution in [0.25, 0.3) is 0 Å². The molecular formula is C27H39NO5. The number of carbonyl (C=O) groups excluding carboxylic acids is 3. The molecule has 6 nitrogen and oxygen atoms in total. The third-order valence-corrected chi connectivity index (χ3v) is 6.58. The molecule has 1 heterocycles. The average Bonchev–Trinajstić information content (AvgIpc) is 3.12. The zero-order valence-corrected chi connectivity index (χ0v) is 20.4. The fraction of sp³-hybridized carbons (Fsp3) is 0.667. The van der Waals surface area contributed by atoms with E-state index in [2.05, 4.69) is 0 Å². The van der Waals surface area contributed by atoms with Crippen molar-refractivity contribution >= 4 is 18.0 Å². The molecule has 1 saturated heterocycles. The summed E-state index contributed by atoms with van der Waals surface area (Å²) in [5, 5.41) is 0. The van der Waals surface area contributed by atoms with Gasteiger partial charge in [0.05, 0.1) is 12.5 Å². The van der Waals surface area contributed by atoms with E-state index in [1.54, 1.807) is 0 Å². The Labute approximate surface area is 198 Å². The summed E-state index contributed by atoms with van der Waals surface area (Å²) in [5.74, 6) is -0.579. The van der Waals surface area contributed by atoms with Crippen molar-refractivity contribution in [3.63, 3.8) is 0 Å². The first-order valence-electron chi connectivity index (χ1n) is 12.5. The molecule has 1 aliphatic heterocycles. The number of hydrogen-bond acceptors (Lipinski definition) is 5. The normalized spacial score (nSPS) is 20.4. The molecule has 182 valence electrons. The number of nitrogens with zero attached hydrogens (tertiary/aromatic N) is 1. The van der Waals surface area contributed by atoms with Crippen molar-refractivity contribution in [2.75, 3.05) is 6.61 Å². The van der Waals surface area contributed by atoms with E-state index < -0.39 is 23.6 Å². The molecule has 1 aliphatic carbocycles. The molecule has 0 unspecified atom stereocenters. The summed E-state index contributed by atoms with van der Waals surface area (Å²) in [6.45, 7) is 5.64. The summed E-state index contributed by atoms with van der Waals surface area (Å²) in [6, 6.07) is 9.42. The highest BCUT2D eigenvalue weighted by Gasteiger charge is 2.41. The van der Waals surface area contributed by atoms with Gasteiger partial charge in [0.25, 0.3) is 0 Å². The largest absolute Gasteiger partial charge is 0.460 e. The summed E-state index contributed by atoms with van der Waals surface area (Å²) in [6.07, 6.45) is 8.82. The van der Waals surface area contributed by atoms with Gasteiger partial charge in [-0.2, -0.15) is 0 Å². The lowest BCUT2D eigenvalue weighted by Gasteiger charge is -2.27. The van der Waals surface area contributed by atoms with Gasteiger partial charge < -0.3 is 9.47 Å². The highest BCUT2D eigenvalue weighted by Crippen LogP contribution is 2.30. The van der Waals surface area contributed by atoms with Crippen LogP contribution in [0.5, 0.6) is 0 Å². The van der Waals surface area contributed by atoms with Crippen LogP contribution in [-0.4, -0.2) is 41.1 Å². The fourth-order valence-corrected chi connectivity index (χ4v) is 4.99. The molecule has 0 bridgehead atoms. The van der Waals surface area contributed by atoms with Gasteiger partial charge in [-0.25, -0.2) is 9.69 Å². The van der Waals surface area contributed by atoms with E-state index in [1.807, 2.05) is 51.1 Å². The molecule has 3 rings (SSSR count). The SMILES string of the molecule is CC(C)(C)OC(=O)C[C@H](CCCC1CCCCC1)C(=O)N1C(=O)OC[C@@H]1Cc1ccccc1. The first kappa shape index (κ1) is 25.3. The molecule has 0 radical (unpaired) electrons. The summed E-state index contributed by atoms with van der Waals surface area (Å²) >= 11 is 0. The van der Waals surface area contributed by atoms with Gasteiger partial charge in [-0.3, -0.25) is 9.59 Å². The van der Waals surface area contributed by atoms with Crippen LogP contribution in [0.1, 0.15) is 84.1 Å². The Morgan fingerprint density at radius 1 is 1.12 bits per heavy atom. The van der Waals surface area contributed by atoms with Crippen LogP contribution < -0.4 is 0 Å². The summed E-state index contributed by atoms with van der Waals surface area (Å²) < 4.78 is 10.8. The van der Waals surface area contributed by atoms with Gasteiger partial charge in [-0.1, -0.05) is 75.3 Å². The first-order chi connectivity index (χ1) is 15.7. The van der Waals surface area contributed by atoms with E-state index in [4.69, 9.17) is 9.47 Å². The lowest BCUT2D eigenvalue weighted by molar-refractivity contribution is -0.158. The summed E-state index contributed by atoms with van der Waals surface area (Å²) in [4.78, 5) is 39.9. The second-order valence-electron chi connectivity index (χ2n) is 10.6. The number of hydrogen-bond donors (Lipinski definition) is 0. The minimum absolute atomic E-state index is 0.0113. The smallest absolute Gasteiger partial charge is 0.416 e. The van der Waals surface area contributed by atoms with Crippen LogP contribution >= 0.6 is 0 Å². The highest BCUT2D eigenvalue weighted by molar-refractivity contribution is 5.96. The van der Waals surface area contributed by atoms with E-state index in [9.17, 15) is 14.4 Å². The Morgan fingerprint density at radius 2 is 1.82 bits per heavy atom. The van der Waals surface area contributed by atoms with Crippen molar-refractivity contribution in [2.45, 2.75) is 96.6 Å². The third kappa shape index (κ3) is 7.86. The molecule has 1 aromatic rings. The Kier molecular flexibility index (Phi) is 8.93. The van der Waals surface area contributed by atoms with E-state index in [1.165, 1.54) is 37.0 Å². The molecule has 0 N–H and O–H groups in total. The maximum Gasteiger partial charge on any atom is 0.416 e. The van der Waals surface area contributed by atoms with Crippen LogP contribution in [0.4, 0.5) is 4.79 Å². The van der Waals surface area contributed by atoms with Gasteiger partial charge in [0.15, 0.2) is 0 Å². The predicted molar refractivity (Wildman–Crippen MR) is 127 cm³/mol. The molecule has 2 fully saturated rings. The van der Waals surface area contributed by atoms with E-state index in [0.717, 1.165) is 18.4 Å². The van der Waals surface area contributed by atoms with E-state index >= 15 is 0 Å². The maximum absolute atomic E-state index is 13.6. The molecule has 2 atom stereocenters. The Bertz CT molecular complexity index is 794. The number of ether oxygens (including phenoxy) is 2. The number of esters is 1. The minimum atomic E-state index is -0.616. The molecule has 6 heteroatoms. The van der Waals surface area contributed by atoms with Crippen molar-refractivity contribution in [2.24, 2.45) is 11.8 Å². The Hall–Kier alpha value is -2.37. The minimum Gasteiger partial charge on any atom is -0.460 e. The van der Waals surface area contributed by atoms with E-state index in [-0.39, 0.29) is 25.0 Å². The lowest BCUT2D eigenvalue weighted by atomic mass is 9.84. The van der Waals surface area contributed by atoms with Crippen molar-refractivity contribution < 1.29 is 23.9 Å². The number of benzene rings is 1. The second-order valence-corrected chi connectivity index (χ2v) is 10.6. The second kappa shape index (κ2) is 11.7. The van der Waals surface area contributed by atoms with Gasteiger partial charge in [-0.05, 0) is 45.1 Å². The van der Waals surface area contributed by atoms with Crippen LogP contribution in [0.3, 0.4) is 0 Å². The molecule has 2 aliphatic rings. The van der Waals surface area contributed by atoms with E-state index in [0.29, 0.717) is 18.8 Å². The molecule has 1 aromatic carbocycles. The number of cyclic esters (lactones) is 1. The van der Waals surface area contributed by atoms with Crippen molar-refractivity contribution in [3.8, 4) is 0 Å². The van der Waals surface area contributed by atoms with Crippen LogP contribution in [0, 0.1) is 11.8 Å². The topological polar surface area (TPSA) is 72.9 Å². The standard InChI is InChI=1S/C27H39NO5/c1-27(2,3)33-24(29)18-22(16-10-15-20-11-6-4-7-12-20)25(30)28-23(19-32-26(28)31)17-21-13-8-5-9-14-21/h5,8-9,13-14,20,22-23H,4,6-7,10-12,15-19H2,1-3H3/t22-,23-/m0/s1. The number of imide groups is 1. The fourth-order valence-electron chi connectivity index (χ4n) is 4.99. The summed E-state index contributed by atoms with van der Waals surface area (Å²) in [7, 11) is 0.